The number of pyridine rings is 1. The molecule has 0 saturated heterocycles. The highest BCUT2D eigenvalue weighted by Crippen LogP contribution is 2.34. The number of aromatic nitrogens is 3. The number of aryl methyl sites for hydroxylation is 1. The molecule has 1 saturated carbocycles. The molecular weight excluding hydrogens is 376 g/mol. The Morgan fingerprint density at radius 2 is 1.93 bits per heavy atom. The quantitative estimate of drug-likeness (QED) is 0.591. The number of rotatable bonds is 5. The van der Waals surface area contributed by atoms with E-state index in [0.29, 0.717) is 12.4 Å². The molecule has 2 amide bonds. The monoisotopic (exact) mass is 408 g/mol. The molecule has 1 aliphatic carbocycles. The van der Waals surface area contributed by atoms with E-state index in [2.05, 4.69) is 33.2 Å². The molecule has 160 valence electrons. The molecule has 3 aromatic rings. The number of anilines is 1. The second-order valence-electron chi connectivity index (χ2n) is 8.77. The Morgan fingerprint density at radius 3 is 2.63 bits per heavy atom. The summed E-state index contributed by atoms with van der Waals surface area (Å²) in [5.74, 6) is 1.44. The van der Waals surface area contributed by atoms with Crippen molar-refractivity contribution in [1.29, 1.82) is 0 Å². The standard InChI is InChI=1S/C23H32N6O/c1-4-18-27-19-20(16-10-6-7-11-17(16)26-21(19)24)29(18)14-23(12-8-5-9-13-23)28-22(30)25-15(2)3/h6-7,10-11,15H,4-5,8-9,12-14H2,1-3H3,(H2,24,26)(H2,25,28,30). The molecule has 7 heteroatoms. The van der Waals surface area contributed by atoms with Crippen molar-refractivity contribution in [2.45, 2.75) is 77.4 Å². The lowest BCUT2D eigenvalue weighted by Gasteiger charge is -2.39. The van der Waals surface area contributed by atoms with E-state index in [1.165, 1.54) is 6.42 Å². The van der Waals surface area contributed by atoms with Gasteiger partial charge >= 0.3 is 6.03 Å². The zero-order valence-corrected chi connectivity index (χ0v) is 18.2. The zero-order valence-electron chi connectivity index (χ0n) is 18.2. The van der Waals surface area contributed by atoms with E-state index in [9.17, 15) is 4.79 Å². The van der Waals surface area contributed by atoms with Crippen LogP contribution in [0.4, 0.5) is 10.6 Å². The van der Waals surface area contributed by atoms with Crippen LogP contribution in [0.15, 0.2) is 24.3 Å². The predicted molar refractivity (Wildman–Crippen MR) is 121 cm³/mol. The first kappa shape index (κ1) is 20.4. The lowest BCUT2D eigenvalue weighted by molar-refractivity contribution is 0.186. The van der Waals surface area contributed by atoms with Crippen LogP contribution in [0, 0.1) is 0 Å². The highest BCUT2D eigenvalue weighted by atomic mass is 16.2. The fraction of sp³-hybridized carbons (Fsp3) is 0.522. The number of nitrogens with zero attached hydrogens (tertiary/aromatic N) is 3. The largest absolute Gasteiger partial charge is 0.382 e. The SMILES string of the molecule is CCc1nc2c(N)nc3ccccc3c2n1CC1(NC(=O)NC(C)C)CCCCC1. The highest BCUT2D eigenvalue weighted by Gasteiger charge is 2.35. The summed E-state index contributed by atoms with van der Waals surface area (Å²) >= 11 is 0. The summed E-state index contributed by atoms with van der Waals surface area (Å²) in [4.78, 5) is 22.1. The van der Waals surface area contributed by atoms with Gasteiger partial charge in [0.1, 0.15) is 11.3 Å². The Kier molecular flexibility index (Phi) is 5.54. The van der Waals surface area contributed by atoms with Gasteiger partial charge in [0.2, 0.25) is 0 Å². The Hall–Kier alpha value is -2.83. The van der Waals surface area contributed by atoms with Crippen molar-refractivity contribution >= 4 is 33.8 Å². The number of urea groups is 1. The van der Waals surface area contributed by atoms with Crippen LogP contribution in [0.5, 0.6) is 0 Å². The van der Waals surface area contributed by atoms with E-state index in [4.69, 9.17) is 10.7 Å². The molecule has 2 aromatic heterocycles. The number of nitrogens with one attached hydrogen (secondary N) is 2. The summed E-state index contributed by atoms with van der Waals surface area (Å²) in [7, 11) is 0. The fourth-order valence-electron chi connectivity index (χ4n) is 4.74. The normalized spacial score (nSPS) is 16.3. The Labute approximate surface area is 177 Å². The third-order valence-corrected chi connectivity index (χ3v) is 6.08. The number of carbonyl (C=O) groups is 1. The third-order valence-electron chi connectivity index (χ3n) is 6.08. The first-order chi connectivity index (χ1) is 14.4. The van der Waals surface area contributed by atoms with Gasteiger partial charge in [-0.2, -0.15) is 0 Å². The lowest BCUT2D eigenvalue weighted by Crippen LogP contribution is -2.56. The Bertz CT molecular complexity index is 1060. The number of hydrogen-bond donors (Lipinski definition) is 3. The molecule has 1 aromatic carbocycles. The summed E-state index contributed by atoms with van der Waals surface area (Å²) in [5.41, 5.74) is 8.64. The van der Waals surface area contributed by atoms with E-state index in [1.54, 1.807) is 0 Å². The molecule has 0 bridgehead atoms. The highest BCUT2D eigenvalue weighted by molar-refractivity contribution is 6.06. The molecule has 7 nitrogen and oxygen atoms in total. The van der Waals surface area contributed by atoms with Crippen LogP contribution < -0.4 is 16.4 Å². The summed E-state index contributed by atoms with van der Waals surface area (Å²) in [5, 5.41) is 7.38. The van der Waals surface area contributed by atoms with Gasteiger partial charge in [-0.05, 0) is 32.8 Å². The molecule has 0 aliphatic heterocycles. The second-order valence-corrected chi connectivity index (χ2v) is 8.77. The topological polar surface area (TPSA) is 97.9 Å². The van der Waals surface area contributed by atoms with Gasteiger partial charge in [0, 0.05) is 24.4 Å². The van der Waals surface area contributed by atoms with Crippen molar-refractivity contribution in [3.63, 3.8) is 0 Å². The van der Waals surface area contributed by atoms with E-state index >= 15 is 0 Å². The molecule has 30 heavy (non-hydrogen) atoms. The van der Waals surface area contributed by atoms with Crippen molar-refractivity contribution < 1.29 is 4.79 Å². The van der Waals surface area contributed by atoms with Crippen LogP contribution >= 0.6 is 0 Å². The van der Waals surface area contributed by atoms with Crippen LogP contribution in [0.3, 0.4) is 0 Å². The van der Waals surface area contributed by atoms with E-state index in [0.717, 1.165) is 59.9 Å². The minimum Gasteiger partial charge on any atom is -0.382 e. The minimum atomic E-state index is -0.298. The number of carbonyl (C=O) groups excluding carboxylic acids is 1. The third kappa shape index (κ3) is 3.80. The van der Waals surface area contributed by atoms with Crippen molar-refractivity contribution in [2.24, 2.45) is 0 Å². The van der Waals surface area contributed by atoms with Gasteiger partial charge in [-0.1, -0.05) is 44.4 Å². The van der Waals surface area contributed by atoms with Crippen molar-refractivity contribution in [2.75, 3.05) is 5.73 Å². The smallest absolute Gasteiger partial charge is 0.315 e. The number of hydrogen-bond acceptors (Lipinski definition) is 4. The van der Waals surface area contributed by atoms with Crippen LogP contribution in [-0.4, -0.2) is 32.1 Å². The number of benzene rings is 1. The molecule has 0 radical (unpaired) electrons. The maximum Gasteiger partial charge on any atom is 0.315 e. The van der Waals surface area contributed by atoms with Crippen LogP contribution in [0.25, 0.3) is 21.9 Å². The number of fused-ring (bicyclic) bond motifs is 3. The number of para-hydroxylation sites is 1. The summed E-state index contributed by atoms with van der Waals surface area (Å²) in [6, 6.07) is 8.06. The van der Waals surface area contributed by atoms with Gasteiger partial charge < -0.3 is 20.9 Å². The molecule has 4 rings (SSSR count). The minimum absolute atomic E-state index is 0.0968. The number of nitrogen functional groups attached to an aromatic ring is 1. The van der Waals surface area contributed by atoms with Gasteiger partial charge in [0.15, 0.2) is 5.82 Å². The maximum atomic E-state index is 12.7. The van der Waals surface area contributed by atoms with Crippen LogP contribution in [-0.2, 0) is 13.0 Å². The first-order valence-electron chi connectivity index (χ1n) is 11.0. The van der Waals surface area contributed by atoms with Crippen molar-refractivity contribution in [1.82, 2.24) is 25.2 Å². The number of amides is 2. The molecule has 2 heterocycles. The maximum absolute atomic E-state index is 12.7. The molecule has 0 unspecified atom stereocenters. The van der Waals surface area contributed by atoms with E-state index < -0.39 is 0 Å². The zero-order chi connectivity index (χ0) is 21.3. The fourth-order valence-corrected chi connectivity index (χ4v) is 4.74. The molecule has 0 atom stereocenters. The summed E-state index contributed by atoms with van der Waals surface area (Å²) in [6.07, 6.45) is 6.14. The van der Waals surface area contributed by atoms with Gasteiger partial charge in [0.05, 0.1) is 16.6 Å². The van der Waals surface area contributed by atoms with Gasteiger partial charge in [-0.15, -0.1) is 0 Å². The van der Waals surface area contributed by atoms with Gasteiger partial charge in [0.25, 0.3) is 0 Å². The van der Waals surface area contributed by atoms with Gasteiger partial charge in [-0.3, -0.25) is 0 Å². The molecular formula is C23H32N6O. The Morgan fingerprint density at radius 1 is 1.20 bits per heavy atom. The average Bonchev–Trinajstić information content (AvgIpc) is 3.07. The van der Waals surface area contributed by atoms with Gasteiger partial charge in [-0.25, -0.2) is 14.8 Å². The number of imidazole rings is 1. The second kappa shape index (κ2) is 8.13. The van der Waals surface area contributed by atoms with E-state index in [1.807, 2.05) is 32.0 Å². The average molecular weight is 409 g/mol. The van der Waals surface area contributed by atoms with Crippen LogP contribution in [0.1, 0.15) is 58.7 Å². The lowest BCUT2D eigenvalue weighted by atomic mass is 9.81. The predicted octanol–water partition coefficient (Wildman–Crippen LogP) is 4.14. The van der Waals surface area contributed by atoms with E-state index in [-0.39, 0.29) is 17.6 Å². The summed E-state index contributed by atoms with van der Waals surface area (Å²) < 4.78 is 2.27. The molecule has 1 fully saturated rings. The molecule has 0 spiro atoms. The van der Waals surface area contributed by atoms with Crippen LogP contribution in [0.2, 0.25) is 0 Å². The Balaban J connectivity index is 1.83. The number of nitrogens with two attached hydrogens (primary N) is 1. The first-order valence-corrected chi connectivity index (χ1v) is 11.0. The molecule has 1 aliphatic rings. The molecule has 4 N–H and O–H groups in total. The summed E-state index contributed by atoms with van der Waals surface area (Å²) in [6.45, 7) is 6.75. The van der Waals surface area contributed by atoms with Crippen molar-refractivity contribution in [3.8, 4) is 0 Å². The van der Waals surface area contributed by atoms with Crippen molar-refractivity contribution in [3.05, 3.63) is 30.1 Å².